The first-order valence-electron chi connectivity index (χ1n) is 5.03. The summed E-state index contributed by atoms with van der Waals surface area (Å²) in [5, 5.41) is 2.41. The van der Waals surface area contributed by atoms with Gasteiger partial charge in [-0.1, -0.05) is 6.07 Å². The maximum Gasteiger partial charge on any atom is 0.389 e. The van der Waals surface area contributed by atoms with E-state index in [0.717, 1.165) is 11.7 Å². The molecule has 0 saturated heterocycles. The third-order valence-electron chi connectivity index (χ3n) is 2.20. The van der Waals surface area contributed by atoms with Crippen molar-refractivity contribution in [1.29, 1.82) is 0 Å². The lowest BCUT2D eigenvalue weighted by Crippen LogP contribution is -2.16. The van der Waals surface area contributed by atoms with E-state index < -0.39 is 24.9 Å². The molecule has 1 heterocycles. The van der Waals surface area contributed by atoms with Crippen molar-refractivity contribution in [3.63, 3.8) is 0 Å². The van der Waals surface area contributed by atoms with Crippen LogP contribution in [-0.4, -0.2) is 20.8 Å². The van der Waals surface area contributed by atoms with Gasteiger partial charge in [0.05, 0.1) is 23.8 Å². The number of hydrogen-bond acceptors (Lipinski definition) is 4. The van der Waals surface area contributed by atoms with Crippen LogP contribution in [0.3, 0.4) is 0 Å². The van der Waals surface area contributed by atoms with Crippen molar-refractivity contribution in [2.24, 2.45) is 0 Å². The van der Waals surface area contributed by atoms with Gasteiger partial charge in [0.1, 0.15) is 11.0 Å². The lowest BCUT2D eigenvalue weighted by atomic mass is 10.2. The van der Waals surface area contributed by atoms with Crippen LogP contribution in [0.15, 0.2) is 18.2 Å². The van der Waals surface area contributed by atoms with E-state index >= 15 is 0 Å². The zero-order chi connectivity index (χ0) is 13.2. The average molecular weight is 275 g/mol. The Morgan fingerprint density at radius 1 is 1.33 bits per heavy atom. The van der Waals surface area contributed by atoms with Crippen LogP contribution in [0.2, 0.25) is 0 Å². The number of amides is 1. The van der Waals surface area contributed by atoms with Gasteiger partial charge < -0.3 is 5.32 Å². The van der Waals surface area contributed by atoms with Gasteiger partial charge in [0, 0.05) is 6.42 Å². The minimum absolute atomic E-state index is 0.383. The molecule has 0 fully saturated rings. The Hall–Kier alpha value is -1.70. The Morgan fingerprint density at radius 3 is 2.83 bits per heavy atom. The van der Waals surface area contributed by atoms with Gasteiger partial charge in [0.25, 0.3) is 0 Å². The van der Waals surface area contributed by atoms with E-state index in [1.165, 1.54) is 0 Å². The Morgan fingerprint density at radius 2 is 2.11 bits per heavy atom. The van der Waals surface area contributed by atoms with Gasteiger partial charge in [-0.3, -0.25) is 4.79 Å². The number of fused-ring (bicyclic) bond motifs is 1. The summed E-state index contributed by atoms with van der Waals surface area (Å²) in [6.07, 6.45) is -6.06. The second-order valence-electron chi connectivity index (χ2n) is 3.60. The van der Waals surface area contributed by atoms with Crippen molar-refractivity contribution in [2.45, 2.75) is 19.0 Å². The van der Waals surface area contributed by atoms with E-state index in [1.54, 1.807) is 18.2 Å². The number of rotatable bonds is 3. The number of hydrogen-bond donors (Lipinski definition) is 1. The molecule has 0 unspecified atom stereocenters. The first kappa shape index (κ1) is 12.7. The predicted molar refractivity (Wildman–Crippen MR) is 61.3 cm³/mol. The fourth-order valence-electron chi connectivity index (χ4n) is 1.37. The third-order valence-corrected chi connectivity index (χ3v) is 2.74. The molecule has 1 aromatic carbocycles. The molecule has 96 valence electrons. The molecule has 0 radical (unpaired) electrons. The van der Waals surface area contributed by atoms with E-state index in [-0.39, 0.29) is 0 Å². The van der Waals surface area contributed by atoms with E-state index in [1.807, 2.05) is 0 Å². The number of nitrogens with one attached hydrogen (secondary N) is 1. The molecule has 1 N–H and O–H groups in total. The minimum Gasteiger partial charge on any atom is -0.324 e. The number of halogens is 3. The van der Waals surface area contributed by atoms with Gasteiger partial charge >= 0.3 is 6.18 Å². The van der Waals surface area contributed by atoms with Crippen molar-refractivity contribution >= 4 is 34.4 Å². The lowest BCUT2D eigenvalue weighted by Gasteiger charge is -2.07. The topological polar surface area (TPSA) is 54.9 Å². The summed E-state index contributed by atoms with van der Waals surface area (Å²) in [6, 6.07) is 4.95. The molecule has 1 amide bonds. The molecule has 0 aliphatic rings. The van der Waals surface area contributed by atoms with Crippen molar-refractivity contribution in [3.05, 3.63) is 18.2 Å². The molecule has 18 heavy (non-hydrogen) atoms. The zero-order valence-electron chi connectivity index (χ0n) is 8.99. The summed E-state index contributed by atoms with van der Waals surface area (Å²) in [5.74, 6) is -0.687. The van der Waals surface area contributed by atoms with E-state index in [0.29, 0.717) is 16.7 Å². The first-order chi connectivity index (χ1) is 8.46. The van der Waals surface area contributed by atoms with Gasteiger partial charge in [0.2, 0.25) is 5.91 Å². The van der Waals surface area contributed by atoms with Crippen molar-refractivity contribution in [3.8, 4) is 0 Å². The number of carbonyl (C=O) groups is 1. The van der Waals surface area contributed by atoms with Gasteiger partial charge in [0.15, 0.2) is 0 Å². The molecule has 1 aromatic heterocycles. The highest BCUT2D eigenvalue weighted by molar-refractivity contribution is 7.00. The molecule has 0 saturated carbocycles. The predicted octanol–water partition coefficient (Wildman–Crippen LogP) is 2.97. The van der Waals surface area contributed by atoms with Gasteiger partial charge in [-0.25, -0.2) is 0 Å². The van der Waals surface area contributed by atoms with Gasteiger partial charge in [-0.2, -0.15) is 21.9 Å². The number of nitrogens with zero attached hydrogens (tertiary/aromatic N) is 2. The molecule has 0 bridgehead atoms. The Labute approximate surface area is 104 Å². The quantitative estimate of drug-likeness (QED) is 0.936. The normalized spacial score (nSPS) is 11.7. The maximum atomic E-state index is 12.0. The highest BCUT2D eigenvalue weighted by atomic mass is 32.1. The van der Waals surface area contributed by atoms with E-state index in [4.69, 9.17) is 0 Å². The average Bonchev–Trinajstić information content (AvgIpc) is 2.74. The van der Waals surface area contributed by atoms with Gasteiger partial charge in [-0.05, 0) is 12.1 Å². The van der Waals surface area contributed by atoms with E-state index in [9.17, 15) is 18.0 Å². The van der Waals surface area contributed by atoms with Crippen LogP contribution in [0.5, 0.6) is 0 Å². The highest BCUT2D eigenvalue weighted by Crippen LogP contribution is 2.24. The maximum absolute atomic E-state index is 12.0. The number of anilines is 1. The summed E-state index contributed by atoms with van der Waals surface area (Å²) in [4.78, 5) is 11.4. The van der Waals surface area contributed by atoms with Crippen LogP contribution in [0, 0.1) is 0 Å². The summed E-state index contributed by atoms with van der Waals surface area (Å²) in [6.45, 7) is 0. The van der Waals surface area contributed by atoms with Crippen molar-refractivity contribution < 1.29 is 18.0 Å². The van der Waals surface area contributed by atoms with Crippen LogP contribution in [0.25, 0.3) is 11.0 Å². The molecular weight excluding hydrogens is 267 g/mol. The second-order valence-corrected chi connectivity index (χ2v) is 4.13. The molecule has 2 rings (SSSR count). The Kier molecular flexibility index (Phi) is 3.46. The second kappa shape index (κ2) is 4.89. The van der Waals surface area contributed by atoms with E-state index in [2.05, 4.69) is 14.1 Å². The molecule has 0 aliphatic heterocycles. The van der Waals surface area contributed by atoms with Crippen LogP contribution in [0.4, 0.5) is 18.9 Å². The lowest BCUT2D eigenvalue weighted by molar-refractivity contribution is -0.142. The summed E-state index contributed by atoms with van der Waals surface area (Å²) in [5.41, 5.74) is 1.48. The third kappa shape index (κ3) is 3.16. The summed E-state index contributed by atoms with van der Waals surface area (Å²) >= 11 is 0.980. The smallest absolute Gasteiger partial charge is 0.324 e. The van der Waals surface area contributed by atoms with Crippen LogP contribution in [0.1, 0.15) is 12.8 Å². The minimum atomic E-state index is -4.33. The fourth-order valence-corrected chi connectivity index (χ4v) is 1.92. The standard InChI is InChI=1S/C10H8F3N3OS/c11-10(12,13)5-4-8(17)14-6-2-1-3-7-9(6)16-18-15-7/h1-3H,4-5H2,(H,14,17). The Balaban J connectivity index is 2.05. The van der Waals surface area contributed by atoms with Crippen molar-refractivity contribution in [2.75, 3.05) is 5.32 Å². The summed E-state index contributed by atoms with van der Waals surface area (Å²) < 4.78 is 43.8. The van der Waals surface area contributed by atoms with Gasteiger partial charge in [-0.15, -0.1) is 0 Å². The molecule has 4 nitrogen and oxygen atoms in total. The summed E-state index contributed by atoms with van der Waals surface area (Å²) in [7, 11) is 0. The van der Waals surface area contributed by atoms with Crippen LogP contribution in [-0.2, 0) is 4.79 Å². The number of aromatic nitrogens is 2. The molecule has 0 aliphatic carbocycles. The molecule has 8 heteroatoms. The highest BCUT2D eigenvalue weighted by Gasteiger charge is 2.28. The monoisotopic (exact) mass is 275 g/mol. The molecule has 0 atom stereocenters. The van der Waals surface area contributed by atoms with Crippen LogP contribution >= 0.6 is 11.7 Å². The SMILES string of the molecule is O=C(CCC(F)(F)F)Nc1cccc2nsnc12. The van der Waals surface area contributed by atoms with Crippen LogP contribution < -0.4 is 5.32 Å². The molecule has 2 aromatic rings. The number of benzene rings is 1. The molecular formula is C10H8F3N3OS. The first-order valence-corrected chi connectivity index (χ1v) is 5.76. The largest absolute Gasteiger partial charge is 0.389 e. The fraction of sp³-hybridized carbons (Fsp3) is 0.300. The van der Waals surface area contributed by atoms with Crippen molar-refractivity contribution in [1.82, 2.24) is 8.75 Å². The zero-order valence-corrected chi connectivity index (χ0v) is 9.81. The Bertz CT molecular complexity index is 567. The number of carbonyl (C=O) groups excluding carboxylic acids is 1. The molecule has 0 spiro atoms. The number of alkyl halides is 3.